The Morgan fingerprint density at radius 3 is 2.38 bits per heavy atom. The normalized spacial score (nSPS) is 39.9. The topological polar surface area (TPSA) is 26.3 Å². The van der Waals surface area contributed by atoms with Gasteiger partial charge in [-0.15, -0.1) is 0 Å². The molecule has 0 aromatic carbocycles. The maximum absolute atomic E-state index is 12.3. The van der Waals surface area contributed by atoms with Crippen LogP contribution in [0.5, 0.6) is 0 Å². The van der Waals surface area contributed by atoms with E-state index in [0.29, 0.717) is 17.6 Å². The van der Waals surface area contributed by atoms with Crippen molar-refractivity contribution in [2.75, 3.05) is 6.61 Å². The van der Waals surface area contributed by atoms with Gasteiger partial charge >= 0.3 is 0 Å². The van der Waals surface area contributed by atoms with Crippen LogP contribution >= 0.6 is 0 Å². The minimum atomic E-state index is -0.0804. The van der Waals surface area contributed by atoms with E-state index in [1.807, 2.05) is 0 Å². The van der Waals surface area contributed by atoms with Gasteiger partial charge in [-0.05, 0) is 43.9 Å². The highest BCUT2D eigenvalue weighted by molar-refractivity contribution is 5.86. The highest BCUT2D eigenvalue weighted by atomic mass is 16.5. The van der Waals surface area contributed by atoms with Crippen LogP contribution in [0.1, 0.15) is 52.4 Å². The molecule has 0 amide bonds. The second-order valence-electron chi connectivity index (χ2n) is 5.59. The fourth-order valence-corrected chi connectivity index (χ4v) is 3.15. The molecule has 2 fully saturated rings. The number of ether oxygens (including phenoxy) is 1. The van der Waals surface area contributed by atoms with Gasteiger partial charge in [0.2, 0.25) is 0 Å². The molecule has 0 N–H and O–H groups in total. The lowest BCUT2D eigenvalue weighted by atomic mass is 9.77. The molecule has 1 aliphatic heterocycles. The van der Waals surface area contributed by atoms with Crippen LogP contribution in [0, 0.1) is 17.8 Å². The molecular formula is C14H24O2. The third-order valence-electron chi connectivity index (χ3n) is 4.49. The van der Waals surface area contributed by atoms with Crippen LogP contribution in [-0.2, 0) is 9.53 Å². The van der Waals surface area contributed by atoms with E-state index in [1.54, 1.807) is 0 Å². The molecule has 2 nitrogen and oxygen atoms in total. The second kappa shape index (κ2) is 5.31. The Labute approximate surface area is 98.7 Å². The van der Waals surface area contributed by atoms with Crippen molar-refractivity contribution in [2.24, 2.45) is 17.8 Å². The molecule has 0 spiro atoms. The van der Waals surface area contributed by atoms with Crippen LogP contribution in [0.4, 0.5) is 0 Å². The van der Waals surface area contributed by atoms with Gasteiger partial charge in [-0.25, -0.2) is 0 Å². The van der Waals surface area contributed by atoms with Gasteiger partial charge in [-0.2, -0.15) is 0 Å². The molecule has 2 heteroatoms. The largest absolute Gasteiger partial charge is 0.370 e. The standard InChI is InChI=1S/C14H24O2/c1-3-11-4-6-12(7-5-11)13(15)14-10(2)8-9-16-14/h10-12,14H,3-9H2,1-2H3. The summed E-state index contributed by atoms with van der Waals surface area (Å²) in [6.07, 6.45) is 6.94. The number of hydrogen-bond donors (Lipinski definition) is 0. The molecule has 2 rings (SSSR count). The highest BCUT2D eigenvalue weighted by Crippen LogP contribution is 2.34. The third-order valence-corrected chi connectivity index (χ3v) is 4.49. The lowest BCUT2D eigenvalue weighted by Gasteiger charge is -2.29. The first-order valence-electron chi connectivity index (χ1n) is 6.87. The number of rotatable bonds is 3. The lowest BCUT2D eigenvalue weighted by molar-refractivity contribution is -0.134. The lowest BCUT2D eigenvalue weighted by Crippen LogP contribution is -2.33. The van der Waals surface area contributed by atoms with Gasteiger partial charge in [0.1, 0.15) is 6.10 Å². The zero-order valence-electron chi connectivity index (χ0n) is 10.6. The molecule has 0 aromatic heterocycles. The van der Waals surface area contributed by atoms with Crippen molar-refractivity contribution < 1.29 is 9.53 Å². The summed E-state index contributed by atoms with van der Waals surface area (Å²) in [5, 5.41) is 0. The zero-order valence-corrected chi connectivity index (χ0v) is 10.6. The van der Waals surface area contributed by atoms with Gasteiger partial charge in [0.15, 0.2) is 5.78 Å². The van der Waals surface area contributed by atoms with Gasteiger partial charge in [0.05, 0.1) is 0 Å². The predicted molar refractivity (Wildman–Crippen MR) is 64.3 cm³/mol. The van der Waals surface area contributed by atoms with Gasteiger partial charge in [-0.3, -0.25) is 4.79 Å². The van der Waals surface area contributed by atoms with E-state index in [2.05, 4.69) is 13.8 Å². The quantitative estimate of drug-likeness (QED) is 0.736. The van der Waals surface area contributed by atoms with Gasteiger partial charge < -0.3 is 4.74 Å². The fraction of sp³-hybridized carbons (Fsp3) is 0.929. The molecule has 16 heavy (non-hydrogen) atoms. The Bertz CT molecular complexity index is 241. The Morgan fingerprint density at radius 1 is 1.19 bits per heavy atom. The molecule has 0 radical (unpaired) electrons. The van der Waals surface area contributed by atoms with E-state index in [0.717, 1.165) is 31.8 Å². The number of ketones is 1. The molecule has 1 heterocycles. The maximum Gasteiger partial charge on any atom is 0.164 e. The summed E-state index contributed by atoms with van der Waals surface area (Å²) < 4.78 is 5.58. The molecule has 0 aromatic rings. The monoisotopic (exact) mass is 224 g/mol. The number of carbonyl (C=O) groups excluding carboxylic acids is 1. The summed E-state index contributed by atoms with van der Waals surface area (Å²) in [5.74, 6) is 2.01. The molecule has 92 valence electrons. The van der Waals surface area contributed by atoms with E-state index >= 15 is 0 Å². The third kappa shape index (κ3) is 2.48. The van der Waals surface area contributed by atoms with Crippen molar-refractivity contribution in [1.29, 1.82) is 0 Å². The van der Waals surface area contributed by atoms with Crippen molar-refractivity contribution in [3.8, 4) is 0 Å². The summed E-state index contributed by atoms with van der Waals surface area (Å²) in [4.78, 5) is 12.3. The first-order valence-corrected chi connectivity index (χ1v) is 6.87. The van der Waals surface area contributed by atoms with Crippen LogP contribution < -0.4 is 0 Å². The van der Waals surface area contributed by atoms with Crippen molar-refractivity contribution in [2.45, 2.75) is 58.5 Å². The maximum atomic E-state index is 12.3. The molecule has 0 bridgehead atoms. The Hall–Kier alpha value is -0.370. The minimum absolute atomic E-state index is 0.0804. The van der Waals surface area contributed by atoms with Crippen molar-refractivity contribution in [1.82, 2.24) is 0 Å². The first kappa shape index (κ1) is 12.1. The van der Waals surface area contributed by atoms with Crippen LogP contribution in [0.15, 0.2) is 0 Å². The van der Waals surface area contributed by atoms with Crippen LogP contribution in [0.25, 0.3) is 0 Å². The first-order chi connectivity index (χ1) is 7.72. The molecule has 1 saturated heterocycles. The van der Waals surface area contributed by atoms with E-state index in [-0.39, 0.29) is 6.10 Å². The van der Waals surface area contributed by atoms with E-state index in [9.17, 15) is 4.79 Å². The molecule has 2 aliphatic rings. The Morgan fingerprint density at radius 2 is 1.88 bits per heavy atom. The predicted octanol–water partition coefficient (Wildman–Crippen LogP) is 3.20. The SMILES string of the molecule is CCC1CCC(C(=O)C2OCCC2C)CC1. The average molecular weight is 224 g/mol. The van der Waals surface area contributed by atoms with Gasteiger partial charge in [0.25, 0.3) is 0 Å². The summed E-state index contributed by atoms with van der Waals surface area (Å²) in [6.45, 7) is 5.18. The van der Waals surface area contributed by atoms with E-state index < -0.39 is 0 Å². The smallest absolute Gasteiger partial charge is 0.164 e. The fourth-order valence-electron chi connectivity index (χ4n) is 3.15. The molecule has 1 aliphatic carbocycles. The highest BCUT2D eigenvalue weighted by Gasteiger charge is 2.36. The molecule has 2 atom stereocenters. The summed E-state index contributed by atoms with van der Waals surface area (Å²) in [7, 11) is 0. The Kier molecular flexibility index (Phi) is 4.01. The summed E-state index contributed by atoms with van der Waals surface area (Å²) in [6, 6.07) is 0. The van der Waals surface area contributed by atoms with Gasteiger partial charge in [0, 0.05) is 12.5 Å². The van der Waals surface area contributed by atoms with E-state index in [1.165, 1.54) is 19.3 Å². The zero-order chi connectivity index (χ0) is 11.5. The second-order valence-corrected chi connectivity index (χ2v) is 5.59. The van der Waals surface area contributed by atoms with E-state index in [4.69, 9.17) is 4.74 Å². The molecular weight excluding hydrogens is 200 g/mol. The van der Waals surface area contributed by atoms with Crippen molar-refractivity contribution in [3.05, 3.63) is 0 Å². The van der Waals surface area contributed by atoms with Crippen LogP contribution in [0.2, 0.25) is 0 Å². The minimum Gasteiger partial charge on any atom is -0.370 e. The number of hydrogen-bond acceptors (Lipinski definition) is 2. The number of Topliss-reactive ketones (excluding diaryl/α,β-unsaturated/α-hetero) is 1. The summed E-state index contributed by atoms with van der Waals surface area (Å²) >= 11 is 0. The van der Waals surface area contributed by atoms with Gasteiger partial charge in [-0.1, -0.05) is 20.3 Å². The average Bonchev–Trinajstić information content (AvgIpc) is 2.75. The molecule has 1 saturated carbocycles. The van der Waals surface area contributed by atoms with Crippen molar-refractivity contribution >= 4 is 5.78 Å². The number of carbonyl (C=O) groups is 1. The van der Waals surface area contributed by atoms with Crippen LogP contribution in [-0.4, -0.2) is 18.5 Å². The summed E-state index contributed by atoms with van der Waals surface area (Å²) in [5.41, 5.74) is 0. The Balaban J connectivity index is 1.86. The van der Waals surface area contributed by atoms with Crippen LogP contribution in [0.3, 0.4) is 0 Å². The molecule has 2 unspecified atom stereocenters. The van der Waals surface area contributed by atoms with Crippen molar-refractivity contribution in [3.63, 3.8) is 0 Å².